The Morgan fingerprint density at radius 1 is 1.02 bits per heavy atom. The second-order valence-electron chi connectivity index (χ2n) is 10.1. The molecule has 0 atom stereocenters. The Kier molecular flexibility index (Phi) is 7.65. The van der Waals surface area contributed by atoms with Crippen LogP contribution >= 0.6 is 0 Å². The number of sulfonamides is 1. The van der Waals surface area contributed by atoms with Crippen molar-refractivity contribution in [2.75, 3.05) is 5.32 Å². The van der Waals surface area contributed by atoms with Gasteiger partial charge >= 0.3 is 0 Å². The van der Waals surface area contributed by atoms with Crippen molar-refractivity contribution in [3.63, 3.8) is 0 Å². The van der Waals surface area contributed by atoms with E-state index in [0.29, 0.717) is 17.0 Å². The fourth-order valence-corrected chi connectivity index (χ4v) is 5.36. The number of nitrogens with one attached hydrogen (secondary N) is 1. The van der Waals surface area contributed by atoms with Gasteiger partial charge in [-0.1, -0.05) is 35.9 Å². The normalized spacial score (nSPS) is 14.0. The molecular weight excluding hydrogens is 554 g/mol. The molecule has 42 heavy (non-hydrogen) atoms. The van der Waals surface area contributed by atoms with Crippen molar-refractivity contribution in [2.24, 2.45) is 10.1 Å². The second kappa shape index (κ2) is 11.3. The monoisotopic (exact) mass is 581 g/mol. The summed E-state index contributed by atoms with van der Waals surface area (Å²) in [6, 6.07) is 25.3. The van der Waals surface area contributed by atoms with Gasteiger partial charge in [-0.25, -0.2) is 0 Å². The lowest BCUT2D eigenvalue weighted by Gasteiger charge is -2.12. The van der Waals surface area contributed by atoms with Gasteiger partial charge < -0.3 is 20.4 Å². The molecule has 3 aromatic carbocycles. The van der Waals surface area contributed by atoms with Gasteiger partial charge in [0, 0.05) is 23.5 Å². The van der Waals surface area contributed by atoms with Gasteiger partial charge in [0.2, 0.25) is 5.91 Å². The van der Waals surface area contributed by atoms with Crippen LogP contribution in [0.25, 0.3) is 0 Å². The number of aryl methyl sites for hydroxylation is 1. The molecule has 0 radical (unpaired) electrons. The molecule has 1 aliphatic carbocycles. The van der Waals surface area contributed by atoms with E-state index in [4.69, 9.17) is 10.5 Å². The van der Waals surface area contributed by atoms with Gasteiger partial charge in [0.05, 0.1) is 16.4 Å². The average Bonchev–Trinajstić information content (AvgIpc) is 3.76. The number of primary amides is 1. The number of hydrogen-bond acceptors (Lipinski definition) is 6. The first-order chi connectivity index (χ1) is 20.1. The van der Waals surface area contributed by atoms with E-state index in [1.807, 2.05) is 13.0 Å². The maximum atomic E-state index is 12.9. The topological polar surface area (TPSA) is 157 Å². The first-order valence-electron chi connectivity index (χ1n) is 13.0. The standard InChI is InChI=1S/C31H27N5O5S/c1-21-8-11-27(12-9-21)42(39,40)35-29-13-10-26(18-36(29)19-28(33)37)41-25-7-3-6-24(17-25)34-30(38)22-4-2-5-23(16-22)31(20-32)14-15-31/h2-13,16-18H,14-15,19H2,1H3,(H2,33,37)(H,34,38)/b35-29-. The summed E-state index contributed by atoms with van der Waals surface area (Å²) in [6.07, 6.45) is 2.99. The number of aromatic nitrogens is 1. The van der Waals surface area contributed by atoms with Crippen molar-refractivity contribution in [3.05, 3.63) is 113 Å². The molecule has 1 aliphatic rings. The number of pyridine rings is 1. The van der Waals surface area contributed by atoms with Crippen molar-refractivity contribution in [1.29, 1.82) is 5.26 Å². The quantitative estimate of drug-likeness (QED) is 0.302. The zero-order valence-electron chi connectivity index (χ0n) is 22.7. The molecule has 0 spiro atoms. The lowest BCUT2D eigenvalue weighted by molar-refractivity contribution is -0.118. The van der Waals surface area contributed by atoms with E-state index in [-0.39, 0.29) is 28.6 Å². The highest BCUT2D eigenvalue weighted by molar-refractivity contribution is 7.90. The number of carbonyl (C=O) groups is 2. The number of benzene rings is 3. The Hall–Kier alpha value is -5.21. The number of carbonyl (C=O) groups excluding carboxylic acids is 2. The molecule has 1 heterocycles. The zero-order chi connectivity index (χ0) is 29.9. The van der Waals surface area contributed by atoms with E-state index in [2.05, 4.69) is 15.8 Å². The van der Waals surface area contributed by atoms with Gasteiger partial charge in [-0.05, 0) is 73.9 Å². The molecule has 1 fully saturated rings. The average molecular weight is 582 g/mol. The SMILES string of the molecule is Cc1ccc(S(=O)(=O)/N=c2/ccc(Oc3cccc(NC(=O)c4cccc(C5(C#N)CC5)c4)c3)cn2CC(N)=O)cc1. The molecule has 1 aromatic heterocycles. The summed E-state index contributed by atoms with van der Waals surface area (Å²) in [4.78, 5) is 24.7. The van der Waals surface area contributed by atoms with E-state index >= 15 is 0 Å². The highest BCUT2D eigenvalue weighted by atomic mass is 32.2. The summed E-state index contributed by atoms with van der Waals surface area (Å²) in [5, 5.41) is 12.3. The predicted octanol–water partition coefficient (Wildman–Crippen LogP) is 4.17. The molecule has 0 bridgehead atoms. The lowest BCUT2D eigenvalue weighted by atomic mass is 9.96. The van der Waals surface area contributed by atoms with Crippen LogP contribution < -0.4 is 21.3 Å². The van der Waals surface area contributed by atoms with Crippen LogP contribution in [0, 0.1) is 18.3 Å². The van der Waals surface area contributed by atoms with Crippen LogP contribution in [0.1, 0.15) is 34.3 Å². The minimum Gasteiger partial charge on any atom is -0.456 e. The number of nitrogens with two attached hydrogens (primary N) is 1. The number of hydrogen-bond donors (Lipinski definition) is 2. The molecule has 5 rings (SSSR count). The minimum absolute atomic E-state index is 0.00524. The maximum absolute atomic E-state index is 12.9. The third-order valence-electron chi connectivity index (χ3n) is 6.80. The molecule has 10 nitrogen and oxygen atoms in total. The zero-order valence-corrected chi connectivity index (χ0v) is 23.5. The minimum atomic E-state index is -4.05. The first kappa shape index (κ1) is 28.3. The molecule has 212 valence electrons. The second-order valence-corrected chi connectivity index (χ2v) is 11.7. The van der Waals surface area contributed by atoms with Crippen LogP contribution in [0.15, 0.2) is 100 Å². The van der Waals surface area contributed by atoms with Gasteiger partial charge in [-0.3, -0.25) is 9.59 Å². The van der Waals surface area contributed by atoms with Crippen molar-refractivity contribution in [3.8, 4) is 17.6 Å². The van der Waals surface area contributed by atoms with E-state index in [9.17, 15) is 23.3 Å². The lowest BCUT2D eigenvalue weighted by Crippen LogP contribution is -2.28. The molecule has 0 unspecified atom stereocenters. The van der Waals surface area contributed by atoms with Crippen LogP contribution in [0.3, 0.4) is 0 Å². The number of amides is 2. The Morgan fingerprint density at radius 2 is 1.76 bits per heavy atom. The summed E-state index contributed by atoms with van der Waals surface area (Å²) < 4.78 is 36.9. The molecule has 0 aliphatic heterocycles. The van der Waals surface area contributed by atoms with Crippen molar-refractivity contribution in [2.45, 2.75) is 36.6 Å². The van der Waals surface area contributed by atoms with Crippen molar-refractivity contribution >= 4 is 27.5 Å². The number of rotatable bonds is 9. The number of nitriles is 1. The summed E-state index contributed by atoms with van der Waals surface area (Å²) in [5.74, 6) is -0.365. The van der Waals surface area contributed by atoms with E-state index in [1.165, 1.54) is 35.0 Å². The molecule has 11 heteroatoms. The van der Waals surface area contributed by atoms with Gasteiger partial charge in [0.1, 0.15) is 23.5 Å². The summed E-state index contributed by atoms with van der Waals surface area (Å²) in [5.41, 5.74) is 7.55. The third-order valence-corrected chi connectivity index (χ3v) is 8.10. The van der Waals surface area contributed by atoms with Crippen LogP contribution in [0.2, 0.25) is 0 Å². The van der Waals surface area contributed by atoms with Gasteiger partial charge in [-0.2, -0.15) is 13.7 Å². The summed E-state index contributed by atoms with van der Waals surface area (Å²) in [7, 11) is -4.05. The molecule has 1 saturated carbocycles. The highest BCUT2D eigenvalue weighted by Crippen LogP contribution is 2.47. The molecular formula is C31H27N5O5S. The smallest absolute Gasteiger partial charge is 0.284 e. The van der Waals surface area contributed by atoms with E-state index in [1.54, 1.807) is 54.6 Å². The van der Waals surface area contributed by atoms with Crippen LogP contribution in [0.5, 0.6) is 11.5 Å². The largest absolute Gasteiger partial charge is 0.456 e. The number of ether oxygens (including phenoxy) is 1. The Morgan fingerprint density at radius 3 is 2.45 bits per heavy atom. The fourth-order valence-electron chi connectivity index (χ4n) is 4.36. The Bertz CT molecular complexity index is 1900. The highest BCUT2D eigenvalue weighted by Gasteiger charge is 2.45. The molecule has 2 amide bonds. The Balaban J connectivity index is 1.36. The van der Waals surface area contributed by atoms with Crippen molar-refractivity contribution < 1.29 is 22.7 Å². The van der Waals surface area contributed by atoms with Crippen LogP contribution in [-0.2, 0) is 26.8 Å². The first-order valence-corrected chi connectivity index (χ1v) is 14.5. The van der Waals surface area contributed by atoms with Crippen LogP contribution in [-0.4, -0.2) is 24.8 Å². The van der Waals surface area contributed by atoms with E-state index in [0.717, 1.165) is 24.0 Å². The number of anilines is 1. The Labute approximate surface area is 242 Å². The molecule has 0 saturated heterocycles. The predicted molar refractivity (Wildman–Crippen MR) is 155 cm³/mol. The van der Waals surface area contributed by atoms with Gasteiger partial charge in [0.15, 0.2) is 0 Å². The number of nitrogens with zero attached hydrogens (tertiary/aromatic N) is 3. The van der Waals surface area contributed by atoms with E-state index < -0.39 is 21.3 Å². The molecule has 4 aromatic rings. The van der Waals surface area contributed by atoms with Crippen molar-refractivity contribution in [1.82, 2.24) is 4.57 Å². The van der Waals surface area contributed by atoms with Gasteiger partial charge in [0.25, 0.3) is 15.9 Å². The summed E-state index contributed by atoms with van der Waals surface area (Å²) in [6.45, 7) is 1.51. The maximum Gasteiger partial charge on any atom is 0.284 e. The third kappa shape index (κ3) is 6.40. The summed E-state index contributed by atoms with van der Waals surface area (Å²) >= 11 is 0. The molecule has 3 N–H and O–H groups in total. The fraction of sp³-hybridized carbons (Fsp3) is 0.161. The van der Waals surface area contributed by atoms with Crippen LogP contribution in [0.4, 0.5) is 5.69 Å². The van der Waals surface area contributed by atoms with Gasteiger partial charge in [-0.15, -0.1) is 4.40 Å².